The monoisotopic (exact) mass is 216 g/mol. The molecule has 0 aliphatic rings. The van der Waals surface area contributed by atoms with Crippen LogP contribution in [0.25, 0.3) is 0 Å². The van der Waals surface area contributed by atoms with Gasteiger partial charge in [-0.05, 0) is 20.3 Å². The predicted octanol–water partition coefficient (Wildman–Crippen LogP) is 1.57. The van der Waals surface area contributed by atoms with E-state index in [-0.39, 0.29) is 12.4 Å². The lowest BCUT2D eigenvalue weighted by atomic mass is 9.99. The van der Waals surface area contributed by atoms with Crippen LogP contribution in [0.2, 0.25) is 0 Å². The van der Waals surface area contributed by atoms with E-state index in [1.165, 1.54) is 0 Å². The number of rotatable bonds is 8. The molecule has 0 rings (SSSR count). The van der Waals surface area contributed by atoms with Crippen molar-refractivity contribution in [2.24, 2.45) is 5.92 Å². The molecule has 0 fully saturated rings. The Morgan fingerprint density at radius 2 is 1.80 bits per heavy atom. The van der Waals surface area contributed by atoms with E-state index in [1.807, 2.05) is 13.8 Å². The first-order valence-corrected chi connectivity index (χ1v) is 5.44. The van der Waals surface area contributed by atoms with Crippen LogP contribution in [-0.2, 0) is 19.1 Å². The summed E-state index contributed by atoms with van der Waals surface area (Å²) in [4.78, 5) is 23.0. The van der Waals surface area contributed by atoms with Gasteiger partial charge >= 0.3 is 5.97 Å². The highest BCUT2D eigenvalue weighted by Gasteiger charge is 2.26. The molecule has 15 heavy (non-hydrogen) atoms. The number of Topliss-reactive ketones (excluding diaryl/α,β-unsaturated/α-hetero) is 1. The molecule has 0 N–H and O–H groups in total. The second-order valence-electron chi connectivity index (χ2n) is 3.20. The zero-order chi connectivity index (χ0) is 11.7. The Labute approximate surface area is 90.9 Å². The van der Waals surface area contributed by atoms with Crippen molar-refractivity contribution >= 4 is 11.8 Å². The van der Waals surface area contributed by atoms with Crippen molar-refractivity contribution in [3.05, 3.63) is 0 Å². The van der Waals surface area contributed by atoms with Crippen LogP contribution in [0, 0.1) is 5.92 Å². The Bertz CT molecular complexity index is 201. The van der Waals surface area contributed by atoms with Crippen LogP contribution in [-0.4, -0.2) is 31.6 Å². The summed E-state index contributed by atoms with van der Waals surface area (Å²) < 4.78 is 9.84. The summed E-state index contributed by atoms with van der Waals surface area (Å²) in [6.45, 7) is 6.26. The van der Waals surface area contributed by atoms with E-state index in [9.17, 15) is 9.59 Å². The van der Waals surface area contributed by atoms with Gasteiger partial charge in [0.15, 0.2) is 5.78 Å². The minimum absolute atomic E-state index is 0.0000189. The van der Waals surface area contributed by atoms with E-state index in [0.29, 0.717) is 19.6 Å². The molecule has 0 spiro atoms. The maximum absolute atomic E-state index is 11.6. The normalized spacial score (nSPS) is 12.2. The topological polar surface area (TPSA) is 52.6 Å². The third-order valence-corrected chi connectivity index (χ3v) is 1.99. The first-order chi connectivity index (χ1) is 7.17. The summed E-state index contributed by atoms with van der Waals surface area (Å²) in [5.41, 5.74) is 0. The molecule has 0 aromatic carbocycles. The van der Waals surface area contributed by atoms with Crippen LogP contribution >= 0.6 is 0 Å². The average Bonchev–Trinajstić information content (AvgIpc) is 2.22. The Morgan fingerprint density at radius 1 is 1.13 bits per heavy atom. The summed E-state index contributed by atoms with van der Waals surface area (Å²) in [5, 5.41) is 0. The SMILES string of the molecule is CCCC(C(=O)COCC)C(=O)OCC. The lowest BCUT2D eigenvalue weighted by Gasteiger charge is -2.13. The molecule has 4 nitrogen and oxygen atoms in total. The van der Waals surface area contributed by atoms with E-state index >= 15 is 0 Å². The molecule has 0 aliphatic heterocycles. The van der Waals surface area contributed by atoms with Crippen molar-refractivity contribution in [2.45, 2.75) is 33.6 Å². The predicted molar refractivity (Wildman–Crippen MR) is 56.5 cm³/mol. The number of ketones is 1. The number of hydrogen-bond donors (Lipinski definition) is 0. The van der Waals surface area contributed by atoms with E-state index < -0.39 is 11.9 Å². The molecule has 0 amide bonds. The van der Waals surface area contributed by atoms with Gasteiger partial charge in [0.05, 0.1) is 6.61 Å². The molecule has 4 heteroatoms. The van der Waals surface area contributed by atoms with Crippen LogP contribution in [0.3, 0.4) is 0 Å². The first kappa shape index (κ1) is 14.1. The van der Waals surface area contributed by atoms with Crippen LogP contribution in [0.1, 0.15) is 33.6 Å². The molecule has 0 saturated heterocycles. The number of carbonyl (C=O) groups is 2. The fourth-order valence-electron chi connectivity index (χ4n) is 1.25. The van der Waals surface area contributed by atoms with Gasteiger partial charge in [-0.3, -0.25) is 9.59 Å². The van der Waals surface area contributed by atoms with Gasteiger partial charge in [0.1, 0.15) is 12.5 Å². The third-order valence-electron chi connectivity index (χ3n) is 1.99. The third kappa shape index (κ3) is 5.52. The standard InChI is InChI=1S/C11H20O4/c1-4-7-9(11(13)15-6-3)10(12)8-14-5-2/h9H,4-8H2,1-3H3. The lowest BCUT2D eigenvalue weighted by Crippen LogP contribution is -2.29. The molecule has 1 unspecified atom stereocenters. The zero-order valence-corrected chi connectivity index (χ0v) is 9.75. The number of carbonyl (C=O) groups excluding carboxylic acids is 2. The fraction of sp³-hybridized carbons (Fsp3) is 0.818. The largest absolute Gasteiger partial charge is 0.465 e. The quantitative estimate of drug-likeness (QED) is 0.456. The highest BCUT2D eigenvalue weighted by molar-refractivity contribution is 5.99. The zero-order valence-electron chi connectivity index (χ0n) is 9.75. The summed E-state index contributed by atoms with van der Waals surface area (Å²) in [7, 11) is 0. The minimum atomic E-state index is -0.651. The van der Waals surface area contributed by atoms with E-state index in [2.05, 4.69) is 0 Å². The van der Waals surface area contributed by atoms with Crippen LogP contribution < -0.4 is 0 Å². The second kappa shape index (κ2) is 8.41. The highest BCUT2D eigenvalue weighted by atomic mass is 16.5. The van der Waals surface area contributed by atoms with Crippen molar-refractivity contribution in [3.8, 4) is 0 Å². The number of ether oxygens (including phenoxy) is 2. The second-order valence-corrected chi connectivity index (χ2v) is 3.20. The van der Waals surface area contributed by atoms with Crippen LogP contribution in [0.5, 0.6) is 0 Å². The maximum Gasteiger partial charge on any atom is 0.316 e. The molecule has 0 aliphatic carbocycles. The molecule has 88 valence electrons. The molecular formula is C11H20O4. The van der Waals surface area contributed by atoms with Crippen molar-refractivity contribution in [2.75, 3.05) is 19.8 Å². The van der Waals surface area contributed by atoms with Gasteiger partial charge in [0.25, 0.3) is 0 Å². The van der Waals surface area contributed by atoms with Gasteiger partial charge < -0.3 is 9.47 Å². The van der Waals surface area contributed by atoms with Crippen molar-refractivity contribution in [1.82, 2.24) is 0 Å². The lowest BCUT2D eigenvalue weighted by molar-refractivity contribution is -0.153. The summed E-state index contributed by atoms with van der Waals surface area (Å²) in [6.07, 6.45) is 1.31. The smallest absolute Gasteiger partial charge is 0.316 e. The van der Waals surface area contributed by atoms with Crippen molar-refractivity contribution in [3.63, 3.8) is 0 Å². The van der Waals surface area contributed by atoms with E-state index in [1.54, 1.807) is 6.92 Å². The van der Waals surface area contributed by atoms with E-state index in [4.69, 9.17) is 9.47 Å². The molecule has 0 aromatic rings. The molecule has 0 bridgehead atoms. The van der Waals surface area contributed by atoms with Gasteiger partial charge in [-0.1, -0.05) is 13.3 Å². The minimum Gasteiger partial charge on any atom is -0.465 e. The van der Waals surface area contributed by atoms with Crippen molar-refractivity contribution in [1.29, 1.82) is 0 Å². The van der Waals surface area contributed by atoms with Gasteiger partial charge in [0.2, 0.25) is 0 Å². The Morgan fingerprint density at radius 3 is 2.27 bits per heavy atom. The maximum atomic E-state index is 11.6. The molecule has 1 atom stereocenters. The summed E-state index contributed by atoms with van der Waals surface area (Å²) in [5.74, 6) is -1.26. The van der Waals surface area contributed by atoms with Gasteiger partial charge in [-0.15, -0.1) is 0 Å². The molecule has 0 aromatic heterocycles. The average molecular weight is 216 g/mol. The van der Waals surface area contributed by atoms with Crippen LogP contribution in [0.15, 0.2) is 0 Å². The van der Waals surface area contributed by atoms with Crippen molar-refractivity contribution < 1.29 is 19.1 Å². The first-order valence-electron chi connectivity index (χ1n) is 5.44. The number of esters is 1. The highest BCUT2D eigenvalue weighted by Crippen LogP contribution is 2.10. The Hall–Kier alpha value is -0.900. The van der Waals surface area contributed by atoms with E-state index in [0.717, 1.165) is 6.42 Å². The summed E-state index contributed by atoms with van der Waals surface area (Å²) in [6, 6.07) is 0. The molecule has 0 saturated carbocycles. The molecule has 0 heterocycles. The number of hydrogen-bond acceptors (Lipinski definition) is 4. The van der Waals surface area contributed by atoms with Gasteiger partial charge in [-0.25, -0.2) is 0 Å². The van der Waals surface area contributed by atoms with Gasteiger partial charge in [-0.2, -0.15) is 0 Å². The van der Waals surface area contributed by atoms with Gasteiger partial charge in [0, 0.05) is 6.61 Å². The summed E-state index contributed by atoms with van der Waals surface area (Å²) >= 11 is 0. The Kier molecular flexibility index (Phi) is 7.91. The molecular weight excluding hydrogens is 196 g/mol. The molecule has 0 radical (unpaired) electrons. The Balaban J connectivity index is 4.23. The fourth-order valence-corrected chi connectivity index (χ4v) is 1.25. The van der Waals surface area contributed by atoms with Crippen LogP contribution in [0.4, 0.5) is 0 Å².